The Morgan fingerprint density at radius 2 is 1.77 bits per heavy atom. The van der Waals surface area contributed by atoms with Gasteiger partial charge in [-0.05, 0) is 62.2 Å². The Hall–Kier alpha value is -2.99. The molecule has 0 spiro atoms. The second-order valence-electron chi connectivity index (χ2n) is 7.30. The maximum atomic E-state index is 12.9. The molecule has 0 aliphatic carbocycles. The molecule has 0 fully saturated rings. The minimum Gasteiger partial charge on any atom is -0.332 e. The van der Waals surface area contributed by atoms with Crippen LogP contribution in [0.1, 0.15) is 27.2 Å². The topological polar surface area (TPSA) is 62.3 Å². The number of hydrogen-bond acceptors (Lipinski definition) is 3. The lowest BCUT2D eigenvalue weighted by Gasteiger charge is -2.19. The molecule has 0 aliphatic heterocycles. The van der Waals surface area contributed by atoms with Crippen molar-refractivity contribution in [2.24, 2.45) is 0 Å². The number of hydrogen-bond donors (Lipinski definition) is 1. The third-order valence-corrected chi connectivity index (χ3v) is 5.54. The second-order valence-corrected chi connectivity index (χ2v) is 8.21. The van der Waals surface area contributed by atoms with Crippen LogP contribution >= 0.6 is 15.9 Å². The molecule has 0 saturated heterocycles. The van der Waals surface area contributed by atoms with Crippen LogP contribution in [0.4, 0.5) is 5.69 Å². The van der Waals surface area contributed by atoms with Crippen molar-refractivity contribution in [3.8, 4) is 11.3 Å². The van der Waals surface area contributed by atoms with Gasteiger partial charge in [-0.15, -0.1) is 0 Å². The molecule has 6 heteroatoms. The molecular weight excluding hydrogens is 442 g/mol. The SMILES string of the molecule is Cc1cccc(NC(=O)CN(C)C(=O)c2ccc(-c3cccc(Br)c3)nc2C)c1C. The van der Waals surface area contributed by atoms with Gasteiger partial charge in [-0.25, -0.2) is 0 Å². The van der Waals surface area contributed by atoms with Gasteiger partial charge in [0.25, 0.3) is 5.91 Å². The van der Waals surface area contributed by atoms with Crippen LogP contribution in [0.25, 0.3) is 11.3 Å². The Morgan fingerprint density at radius 1 is 1.03 bits per heavy atom. The number of aryl methyl sites for hydroxylation is 2. The summed E-state index contributed by atoms with van der Waals surface area (Å²) in [6.45, 7) is 5.72. The predicted molar refractivity (Wildman–Crippen MR) is 124 cm³/mol. The summed E-state index contributed by atoms with van der Waals surface area (Å²) < 4.78 is 0.967. The molecule has 0 aliphatic rings. The Balaban J connectivity index is 1.71. The van der Waals surface area contributed by atoms with Crippen molar-refractivity contribution in [2.75, 3.05) is 18.9 Å². The van der Waals surface area contributed by atoms with E-state index in [1.165, 1.54) is 4.90 Å². The predicted octanol–water partition coefficient (Wildman–Crippen LogP) is 5.15. The first-order chi connectivity index (χ1) is 14.3. The number of nitrogens with zero attached hydrogens (tertiary/aromatic N) is 2. The first-order valence-corrected chi connectivity index (χ1v) is 10.4. The van der Waals surface area contributed by atoms with E-state index in [1.807, 2.05) is 62.4 Å². The maximum absolute atomic E-state index is 12.9. The Bertz CT molecular complexity index is 1110. The number of nitrogens with one attached hydrogen (secondary N) is 1. The fourth-order valence-corrected chi connectivity index (χ4v) is 3.56. The Labute approximate surface area is 185 Å². The zero-order valence-electron chi connectivity index (χ0n) is 17.5. The highest BCUT2D eigenvalue weighted by Gasteiger charge is 2.18. The molecule has 0 saturated carbocycles. The van der Waals surface area contributed by atoms with E-state index in [-0.39, 0.29) is 18.4 Å². The van der Waals surface area contributed by atoms with E-state index in [0.29, 0.717) is 11.3 Å². The first kappa shape index (κ1) is 21.7. The van der Waals surface area contributed by atoms with Crippen molar-refractivity contribution in [3.63, 3.8) is 0 Å². The summed E-state index contributed by atoms with van der Waals surface area (Å²) in [6, 6.07) is 17.2. The van der Waals surface area contributed by atoms with Crippen molar-refractivity contribution in [3.05, 3.63) is 81.5 Å². The molecular formula is C24H24BrN3O2. The van der Waals surface area contributed by atoms with E-state index in [9.17, 15) is 9.59 Å². The van der Waals surface area contributed by atoms with Gasteiger partial charge in [0.05, 0.1) is 23.5 Å². The summed E-state index contributed by atoms with van der Waals surface area (Å²) in [5, 5.41) is 2.89. The van der Waals surface area contributed by atoms with Gasteiger partial charge in [0.15, 0.2) is 0 Å². The van der Waals surface area contributed by atoms with Crippen molar-refractivity contribution in [1.29, 1.82) is 0 Å². The average Bonchev–Trinajstić information content (AvgIpc) is 2.70. The average molecular weight is 466 g/mol. The highest BCUT2D eigenvalue weighted by molar-refractivity contribution is 9.10. The van der Waals surface area contributed by atoms with Crippen molar-refractivity contribution < 1.29 is 9.59 Å². The lowest BCUT2D eigenvalue weighted by Crippen LogP contribution is -2.35. The lowest BCUT2D eigenvalue weighted by molar-refractivity contribution is -0.116. The largest absolute Gasteiger partial charge is 0.332 e. The molecule has 0 bridgehead atoms. The highest BCUT2D eigenvalue weighted by Crippen LogP contribution is 2.23. The van der Waals surface area contributed by atoms with Crippen LogP contribution in [-0.4, -0.2) is 35.3 Å². The van der Waals surface area contributed by atoms with Gasteiger partial charge in [0, 0.05) is 22.8 Å². The quantitative estimate of drug-likeness (QED) is 0.566. The summed E-state index contributed by atoms with van der Waals surface area (Å²) in [7, 11) is 1.62. The number of aromatic nitrogens is 1. The number of likely N-dealkylation sites (N-methyl/N-ethyl adjacent to an activating group) is 1. The molecule has 30 heavy (non-hydrogen) atoms. The molecule has 0 radical (unpaired) electrons. The first-order valence-electron chi connectivity index (χ1n) is 9.61. The number of pyridine rings is 1. The van der Waals surface area contributed by atoms with E-state index in [4.69, 9.17) is 0 Å². The van der Waals surface area contributed by atoms with Gasteiger partial charge < -0.3 is 10.2 Å². The molecule has 154 valence electrons. The van der Waals surface area contributed by atoms with E-state index >= 15 is 0 Å². The molecule has 3 rings (SSSR count). The minimum absolute atomic E-state index is 0.0426. The number of carbonyl (C=O) groups is 2. The fraction of sp³-hybridized carbons (Fsp3) is 0.208. The van der Waals surface area contributed by atoms with Gasteiger partial charge in [-0.2, -0.15) is 0 Å². The normalized spacial score (nSPS) is 10.6. The van der Waals surface area contributed by atoms with Crippen LogP contribution in [0.3, 0.4) is 0 Å². The maximum Gasteiger partial charge on any atom is 0.255 e. The molecule has 0 atom stereocenters. The van der Waals surface area contributed by atoms with Gasteiger partial charge >= 0.3 is 0 Å². The third kappa shape index (κ3) is 4.94. The zero-order valence-corrected chi connectivity index (χ0v) is 19.1. The summed E-state index contributed by atoms with van der Waals surface area (Å²) in [6.07, 6.45) is 0. The molecule has 3 aromatic rings. The second kappa shape index (κ2) is 9.22. The number of anilines is 1. The number of halogens is 1. The molecule has 1 heterocycles. The lowest BCUT2D eigenvalue weighted by atomic mass is 10.1. The van der Waals surface area contributed by atoms with Gasteiger partial charge in [-0.1, -0.05) is 40.2 Å². The van der Waals surface area contributed by atoms with Crippen LogP contribution < -0.4 is 5.32 Å². The molecule has 5 nitrogen and oxygen atoms in total. The molecule has 2 aromatic carbocycles. The molecule has 1 aromatic heterocycles. The van der Waals surface area contributed by atoms with Gasteiger partial charge in [0.1, 0.15) is 0 Å². The highest BCUT2D eigenvalue weighted by atomic mass is 79.9. The molecule has 1 N–H and O–H groups in total. The van der Waals surface area contributed by atoms with E-state index in [2.05, 4.69) is 26.2 Å². The minimum atomic E-state index is -0.240. The standard InChI is InChI=1S/C24H24BrN3O2/c1-15-7-5-10-21(16(15)2)27-23(29)14-28(4)24(30)20-11-12-22(26-17(20)3)18-8-6-9-19(25)13-18/h5-13H,14H2,1-4H3,(H,27,29). The van der Waals surface area contributed by atoms with Crippen LogP contribution in [0.5, 0.6) is 0 Å². The number of rotatable bonds is 5. The van der Waals surface area contributed by atoms with Crippen LogP contribution in [0.2, 0.25) is 0 Å². The van der Waals surface area contributed by atoms with Crippen molar-refractivity contribution in [2.45, 2.75) is 20.8 Å². The monoisotopic (exact) mass is 465 g/mol. The molecule has 0 unspecified atom stereocenters. The summed E-state index contributed by atoms with van der Waals surface area (Å²) in [4.78, 5) is 31.3. The third-order valence-electron chi connectivity index (χ3n) is 5.04. The number of carbonyl (C=O) groups excluding carboxylic acids is 2. The number of amides is 2. The number of benzene rings is 2. The van der Waals surface area contributed by atoms with Crippen LogP contribution in [0, 0.1) is 20.8 Å². The Morgan fingerprint density at radius 3 is 2.47 bits per heavy atom. The van der Waals surface area contributed by atoms with Crippen molar-refractivity contribution >= 4 is 33.4 Å². The fourth-order valence-electron chi connectivity index (χ4n) is 3.16. The van der Waals surface area contributed by atoms with Crippen LogP contribution in [-0.2, 0) is 4.79 Å². The zero-order chi connectivity index (χ0) is 21.8. The summed E-state index contributed by atoms with van der Waals surface area (Å²) >= 11 is 3.46. The summed E-state index contributed by atoms with van der Waals surface area (Å²) in [5.41, 5.74) is 5.74. The summed E-state index contributed by atoms with van der Waals surface area (Å²) in [5.74, 6) is -0.479. The van der Waals surface area contributed by atoms with Gasteiger partial charge in [0.2, 0.25) is 5.91 Å². The van der Waals surface area contributed by atoms with E-state index < -0.39 is 0 Å². The Kier molecular flexibility index (Phi) is 6.67. The molecule has 2 amide bonds. The van der Waals surface area contributed by atoms with Crippen molar-refractivity contribution in [1.82, 2.24) is 9.88 Å². The smallest absolute Gasteiger partial charge is 0.255 e. The van der Waals surface area contributed by atoms with Gasteiger partial charge in [-0.3, -0.25) is 14.6 Å². The van der Waals surface area contributed by atoms with E-state index in [1.54, 1.807) is 20.0 Å². The van der Waals surface area contributed by atoms with Crippen LogP contribution in [0.15, 0.2) is 59.1 Å². The van der Waals surface area contributed by atoms with E-state index in [0.717, 1.165) is 32.5 Å².